The molecule has 0 aliphatic rings. The van der Waals surface area contributed by atoms with E-state index in [9.17, 15) is 18.0 Å². The maximum absolute atomic E-state index is 12.0. The van der Waals surface area contributed by atoms with Gasteiger partial charge in [-0.15, -0.1) is 0 Å². The molecule has 3 N–H and O–H groups in total. The number of primary amides is 1. The molecule has 0 saturated carbocycles. The summed E-state index contributed by atoms with van der Waals surface area (Å²) >= 11 is 3.01. The highest BCUT2D eigenvalue weighted by molar-refractivity contribution is 9.10. The average Bonchev–Trinajstić information content (AvgIpc) is 2.27. The molecule has 98 valence electrons. The van der Waals surface area contributed by atoms with E-state index < -0.39 is 27.0 Å². The van der Waals surface area contributed by atoms with E-state index in [4.69, 9.17) is 10.8 Å². The lowest BCUT2D eigenvalue weighted by molar-refractivity contribution is -0.117. The first-order valence-electron chi connectivity index (χ1n) is 4.74. The number of carbonyl (C=O) groups is 2. The van der Waals surface area contributed by atoms with Crippen molar-refractivity contribution < 1.29 is 23.1 Å². The Hall–Kier alpha value is -1.41. The fraction of sp³-hybridized carbons (Fsp3) is 0.200. The minimum Gasteiger partial charge on any atom is -0.478 e. The molecular weight excluding hydrogens is 326 g/mol. The number of halogens is 1. The molecule has 1 aromatic carbocycles. The molecule has 1 amide bonds. The van der Waals surface area contributed by atoms with Gasteiger partial charge in [0.2, 0.25) is 5.91 Å². The summed E-state index contributed by atoms with van der Waals surface area (Å²) in [6.07, 6.45) is 0. The van der Waals surface area contributed by atoms with Crippen molar-refractivity contribution in [3.8, 4) is 0 Å². The summed E-state index contributed by atoms with van der Waals surface area (Å²) in [4.78, 5) is 21.5. The number of carbonyl (C=O) groups excluding carboxylic acids is 1. The first-order valence-corrected chi connectivity index (χ1v) is 7.08. The largest absolute Gasteiger partial charge is 0.478 e. The van der Waals surface area contributed by atoms with Gasteiger partial charge in [0.05, 0.1) is 10.5 Å². The second-order valence-corrected chi connectivity index (χ2v) is 6.63. The maximum atomic E-state index is 12.0. The molecule has 0 saturated heterocycles. The second kappa shape index (κ2) is 5.07. The third-order valence-electron chi connectivity index (χ3n) is 2.35. The summed E-state index contributed by atoms with van der Waals surface area (Å²) in [6, 6.07) is 3.53. The number of sulfone groups is 1. The lowest BCUT2D eigenvalue weighted by Gasteiger charge is -2.11. The second-order valence-electron chi connectivity index (χ2n) is 3.54. The lowest BCUT2D eigenvalue weighted by atomic mass is 10.2. The molecule has 1 unspecified atom stereocenters. The molecule has 8 heteroatoms. The third kappa shape index (κ3) is 2.70. The molecule has 0 bridgehead atoms. The van der Waals surface area contributed by atoms with Crippen LogP contribution in [0.3, 0.4) is 0 Å². The quantitative estimate of drug-likeness (QED) is 0.844. The number of benzene rings is 1. The van der Waals surface area contributed by atoms with Crippen molar-refractivity contribution >= 4 is 37.6 Å². The number of hydrogen-bond acceptors (Lipinski definition) is 4. The van der Waals surface area contributed by atoms with Crippen LogP contribution in [0.25, 0.3) is 0 Å². The normalized spacial score (nSPS) is 13.0. The van der Waals surface area contributed by atoms with Crippen LogP contribution in [0.5, 0.6) is 0 Å². The van der Waals surface area contributed by atoms with Gasteiger partial charge in [-0.05, 0) is 41.1 Å². The van der Waals surface area contributed by atoms with Gasteiger partial charge in [-0.2, -0.15) is 0 Å². The van der Waals surface area contributed by atoms with E-state index in [1.165, 1.54) is 12.1 Å². The SMILES string of the molecule is CC(C(N)=O)S(=O)(=O)c1cc(C(=O)O)ccc1Br. The average molecular weight is 336 g/mol. The molecule has 6 nitrogen and oxygen atoms in total. The molecule has 0 aliphatic heterocycles. The van der Waals surface area contributed by atoms with E-state index in [2.05, 4.69) is 15.9 Å². The predicted molar refractivity (Wildman–Crippen MR) is 66.9 cm³/mol. The highest BCUT2D eigenvalue weighted by Gasteiger charge is 2.30. The number of aromatic carboxylic acids is 1. The van der Waals surface area contributed by atoms with Crippen LogP contribution in [0.15, 0.2) is 27.6 Å². The standard InChI is InChI=1S/C10H10BrNO5S/c1-5(9(12)13)18(16,17)8-4-6(10(14)15)2-3-7(8)11/h2-5H,1H3,(H2,12,13)(H,14,15). The molecule has 0 heterocycles. The molecule has 1 aromatic rings. The Morgan fingerprint density at radius 1 is 1.39 bits per heavy atom. The van der Waals surface area contributed by atoms with Gasteiger partial charge in [-0.3, -0.25) is 4.79 Å². The summed E-state index contributed by atoms with van der Waals surface area (Å²) in [5, 5.41) is 7.38. The fourth-order valence-electron chi connectivity index (χ4n) is 1.20. The highest BCUT2D eigenvalue weighted by atomic mass is 79.9. The number of hydrogen-bond donors (Lipinski definition) is 2. The monoisotopic (exact) mass is 335 g/mol. The van der Waals surface area contributed by atoms with Crippen LogP contribution in [0.1, 0.15) is 17.3 Å². The van der Waals surface area contributed by atoms with Crippen molar-refractivity contribution in [2.24, 2.45) is 5.73 Å². The molecule has 1 rings (SSSR count). The van der Waals surface area contributed by atoms with Crippen LogP contribution < -0.4 is 5.73 Å². The van der Waals surface area contributed by atoms with Crippen LogP contribution in [0.4, 0.5) is 0 Å². The zero-order valence-corrected chi connectivity index (χ0v) is 11.7. The van der Waals surface area contributed by atoms with Gasteiger partial charge >= 0.3 is 5.97 Å². The zero-order valence-electron chi connectivity index (χ0n) is 9.25. The van der Waals surface area contributed by atoms with E-state index in [0.29, 0.717) is 0 Å². The molecule has 1 atom stereocenters. The van der Waals surface area contributed by atoms with Gasteiger partial charge in [-0.1, -0.05) is 0 Å². The Morgan fingerprint density at radius 2 is 1.94 bits per heavy atom. The van der Waals surface area contributed by atoms with Crippen molar-refractivity contribution in [3.05, 3.63) is 28.2 Å². The molecule has 0 fully saturated rings. The van der Waals surface area contributed by atoms with Gasteiger partial charge in [0.15, 0.2) is 9.84 Å². The summed E-state index contributed by atoms with van der Waals surface area (Å²) in [6.45, 7) is 1.15. The van der Waals surface area contributed by atoms with Crippen LogP contribution in [-0.4, -0.2) is 30.7 Å². The number of amides is 1. The summed E-state index contributed by atoms with van der Waals surface area (Å²) in [5.41, 5.74) is 4.77. The Morgan fingerprint density at radius 3 is 2.39 bits per heavy atom. The highest BCUT2D eigenvalue weighted by Crippen LogP contribution is 2.26. The van der Waals surface area contributed by atoms with Gasteiger partial charge in [-0.25, -0.2) is 13.2 Å². The summed E-state index contributed by atoms with van der Waals surface area (Å²) < 4.78 is 24.3. The zero-order chi connectivity index (χ0) is 14.1. The van der Waals surface area contributed by atoms with Gasteiger partial charge in [0, 0.05) is 4.47 Å². The topological polar surface area (TPSA) is 115 Å². The maximum Gasteiger partial charge on any atom is 0.335 e. The van der Waals surface area contributed by atoms with Crippen molar-refractivity contribution in [1.29, 1.82) is 0 Å². The van der Waals surface area contributed by atoms with Crippen LogP contribution in [0.2, 0.25) is 0 Å². The smallest absolute Gasteiger partial charge is 0.335 e. The Bertz CT molecular complexity index is 611. The first kappa shape index (κ1) is 14.7. The molecule has 0 spiro atoms. The van der Waals surface area contributed by atoms with Crippen LogP contribution >= 0.6 is 15.9 Å². The van der Waals surface area contributed by atoms with Gasteiger partial charge < -0.3 is 10.8 Å². The molecule has 0 aromatic heterocycles. The molecule has 0 radical (unpaired) electrons. The Kier molecular flexibility index (Phi) is 4.12. The van der Waals surface area contributed by atoms with E-state index in [1.54, 1.807) is 0 Å². The van der Waals surface area contributed by atoms with E-state index in [1.807, 2.05) is 0 Å². The van der Waals surface area contributed by atoms with E-state index >= 15 is 0 Å². The van der Waals surface area contributed by atoms with Crippen molar-refractivity contribution in [2.75, 3.05) is 0 Å². The Labute approximate surface area is 112 Å². The molecule has 0 aliphatic carbocycles. The number of nitrogens with two attached hydrogens (primary N) is 1. The number of carboxylic acids is 1. The van der Waals surface area contributed by atoms with E-state index in [0.717, 1.165) is 13.0 Å². The molecule has 18 heavy (non-hydrogen) atoms. The van der Waals surface area contributed by atoms with Crippen molar-refractivity contribution in [2.45, 2.75) is 17.1 Å². The minimum absolute atomic E-state index is 0.181. The molecular formula is C10H10BrNO5S. The van der Waals surface area contributed by atoms with Gasteiger partial charge in [0.25, 0.3) is 0 Å². The van der Waals surface area contributed by atoms with Crippen LogP contribution in [0, 0.1) is 0 Å². The number of carboxylic acid groups (broad SMARTS) is 1. The summed E-state index contributed by atoms with van der Waals surface area (Å²) in [5.74, 6) is -2.26. The van der Waals surface area contributed by atoms with Crippen molar-refractivity contribution in [1.82, 2.24) is 0 Å². The van der Waals surface area contributed by atoms with Gasteiger partial charge in [0.1, 0.15) is 5.25 Å². The summed E-state index contributed by atoms with van der Waals surface area (Å²) in [7, 11) is -4.01. The van der Waals surface area contributed by atoms with E-state index in [-0.39, 0.29) is 14.9 Å². The fourth-order valence-corrected chi connectivity index (χ4v) is 3.44. The Balaban J connectivity index is 3.45. The first-order chi connectivity index (χ1) is 8.17. The van der Waals surface area contributed by atoms with Crippen molar-refractivity contribution in [3.63, 3.8) is 0 Å². The lowest BCUT2D eigenvalue weighted by Crippen LogP contribution is -2.33. The third-order valence-corrected chi connectivity index (χ3v) is 5.42. The van der Waals surface area contributed by atoms with Crippen LogP contribution in [-0.2, 0) is 14.6 Å². The number of rotatable bonds is 4. The minimum atomic E-state index is -4.01. The predicted octanol–water partition coefficient (Wildman–Crippen LogP) is 0.795.